The molecule has 0 saturated carbocycles. The standard InChI is InChI=1S/C8H10N4S/c1-9-8-11-2-3-12(8)5-7-4-10-6-13-7/h2-4,6H,5H2,1H3,(H,9,11). The Kier molecular flexibility index (Phi) is 2.27. The lowest BCUT2D eigenvalue weighted by molar-refractivity contribution is 0.816. The first kappa shape index (κ1) is 8.25. The fourth-order valence-corrected chi connectivity index (χ4v) is 1.75. The van der Waals surface area contributed by atoms with Crippen molar-refractivity contribution in [3.8, 4) is 0 Å². The van der Waals surface area contributed by atoms with E-state index in [-0.39, 0.29) is 0 Å². The second-order valence-electron chi connectivity index (χ2n) is 2.60. The molecule has 0 bridgehead atoms. The fraction of sp³-hybridized carbons (Fsp3) is 0.250. The molecule has 68 valence electrons. The third-order valence-corrected chi connectivity index (χ3v) is 2.51. The molecule has 5 heteroatoms. The van der Waals surface area contributed by atoms with Gasteiger partial charge in [-0.15, -0.1) is 11.3 Å². The molecule has 0 radical (unpaired) electrons. The molecule has 4 nitrogen and oxygen atoms in total. The molecule has 0 aliphatic carbocycles. The normalized spacial score (nSPS) is 10.2. The number of thiazole rings is 1. The minimum Gasteiger partial charge on any atom is -0.359 e. The van der Waals surface area contributed by atoms with E-state index in [0.717, 1.165) is 12.5 Å². The lowest BCUT2D eigenvalue weighted by atomic mass is 10.5. The number of nitrogens with zero attached hydrogens (tertiary/aromatic N) is 3. The molecule has 2 aromatic heterocycles. The van der Waals surface area contributed by atoms with Crippen molar-refractivity contribution in [1.29, 1.82) is 0 Å². The van der Waals surface area contributed by atoms with E-state index in [1.54, 1.807) is 17.5 Å². The first-order valence-electron chi connectivity index (χ1n) is 3.96. The molecular formula is C8H10N4S. The minimum absolute atomic E-state index is 0.834. The number of rotatable bonds is 3. The zero-order valence-corrected chi connectivity index (χ0v) is 8.08. The first-order chi connectivity index (χ1) is 6.40. The van der Waals surface area contributed by atoms with Gasteiger partial charge in [0.1, 0.15) is 0 Å². The number of hydrogen-bond donors (Lipinski definition) is 1. The van der Waals surface area contributed by atoms with Gasteiger partial charge in [0.05, 0.1) is 12.1 Å². The van der Waals surface area contributed by atoms with Crippen molar-refractivity contribution in [3.63, 3.8) is 0 Å². The monoisotopic (exact) mass is 194 g/mol. The third-order valence-electron chi connectivity index (χ3n) is 1.75. The van der Waals surface area contributed by atoms with Crippen LogP contribution in [0.25, 0.3) is 0 Å². The van der Waals surface area contributed by atoms with Gasteiger partial charge in [-0.3, -0.25) is 4.98 Å². The summed E-state index contributed by atoms with van der Waals surface area (Å²) in [5.41, 5.74) is 1.84. The quantitative estimate of drug-likeness (QED) is 0.803. The molecule has 0 unspecified atom stereocenters. The van der Waals surface area contributed by atoms with Gasteiger partial charge in [-0.1, -0.05) is 0 Å². The number of anilines is 1. The smallest absolute Gasteiger partial charge is 0.202 e. The van der Waals surface area contributed by atoms with Crippen LogP contribution in [0.15, 0.2) is 24.1 Å². The van der Waals surface area contributed by atoms with Gasteiger partial charge in [0, 0.05) is 30.5 Å². The Morgan fingerprint density at radius 3 is 3.23 bits per heavy atom. The van der Waals surface area contributed by atoms with Crippen LogP contribution in [0.2, 0.25) is 0 Å². The number of hydrogen-bond acceptors (Lipinski definition) is 4. The van der Waals surface area contributed by atoms with Crippen LogP contribution < -0.4 is 5.32 Å². The molecule has 0 aliphatic heterocycles. The van der Waals surface area contributed by atoms with Gasteiger partial charge in [-0.25, -0.2) is 4.98 Å². The van der Waals surface area contributed by atoms with Crippen LogP contribution >= 0.6 is 11.3 Å². The molecule has 0 spiro atoms. The largest absolute Gasteiger partial charge is 0.359 e. The molecule has 0 saturated heterocycles. The van der Waals surface area contributed by atoms with Crippen LogP contribution in [0.3, 0.4) is 0 Å². The molecule has 2 heterocycles. The van der Waals surface area contributed by atoms with Crippen LogP contribution in [0.1, 0.15) is 4.88 Å². The first-order valence-corrected chi connectivity index (χ1v) is 4.84. The van der Waals surface area contributed by atoms with Crippen LogP contribution in [0.5, 0.6) is 0 Å². The van der Waals surface area contributed by atoms with E-state index in [1.807, 2.05) is 29.5 Å². The number of imidazole rings is 1. The Labute approximate surface area is 80.3 Å². The van der Waals surface area contributed by atoms with Gasteiger partial charge < -0.3 is 9.88 Å². The van der Waals surface area contributed by atoms with E-state index in [4.69, 9.17) is 0 Å². The van der Waals surface area contributed by atoms with Gasteiger partial charge >= 0.3 is 0 Å². The van der Waals surface area contributed by atoms with E-state index in [9.17, 15) is 0 Å². The summed E-state index contributed by atoms with van der Waals surface area (Å²) in [5, 5.41) is 3.02. The highest BCUT2D eigenvalue weighted by Gasteiger charge is 2.01. The molecule has 2 aromatic rings. The van der Waals surface area contributed by atoms with E-state index in [1.165, 1.54) is 4.88 Å². The van der Waals surface area contributed by atoms with Crippen molar-refractivity contribution in [1.82, 2.24) is 14.5 Å². The number of nitrogens with one attached hydrogen (secondary N) is 1. The summed E-state index contributed by atoms with van der Waals surface area (Å²) in [4.78, 5) is 9.40. The molecule has 0 fully saturated rings. The lowest BCUT2D eigenvalue weighted by Crippen LogP contribution is -2.02. The molecule has 2 rings (SSSR count). The Morgan fingerprint density at radius 2 is 2.54 bits per heavy atom. The summed E-state index contributed by atoms with van der Waals surface area (Å²) in [6.07, 6.45) is 5.61. The second-order valence-corrected chi connectivity index (χ2v) is 3.57. The maximum absolute atomic E-state index is 4.15. The maximum Gasteiger partial charge on any atom is 0.202 e. The SMILES string of the molecule is CNc1nccn1Cc1cncs1. The fourth-order valence-electron chi connectivity index (χ4n) is 1.15. The van der Waals surface area contributed by atoms with E-state index in [2.05, 4.69) is 15.3 Å². The summed E-state index contributed by atoms with van der Waals surface area (Å²) in [5.74, 6) is 0.883. The van der Waals surface area contributed by atoms with Crippen molar-refractivity contribution >= 4 is 17.3 Å². The van der Waals surface area contributed by atoms with Gasteiger partial charge in [-0.2, -0.15) is 0 Å². The Morgan fingerprint density at radius 1 is 1.62 bits per heavy atom. The second kappa shape index (κ2) is 3.57. The average Bonchev–Trinajstić information content (AvgIpc) is 2.76. The van der Waals surface area contributed by atoms with Gasteiger partial charge in [0.25, 0.3) is 0 Å². The number of aromatic nitrogens is 3. The Hall–Kier alpha value is -1.36. The molecule has 1 N–H and O–H groups in total. The van der Waals surface area contributed by atoms with Crippen LogP contribution in [0, 0.1) is 0 Å². The molecule has 0 aliphatic rings. The van der Waals surface area contributed by atoms with Crippen LogP contribution in [0.4, 0.5) is 5.95 Å². The summed E-state index contributed by atoms with van der Waals surface area (Å²) >= 11 is 1.65. The highest BCUT2D eigenvalue weighted by molar-refractivity contribution is 7.09. The predicted octanol–water partition coefficient (Wildman–Crippen LogP) is 1.43. The maximum atomic E-state index is 4.15. The molecular weight excluding hydrogens is 184 g/mol. The predicted molar refractivity (Wildman–Crippen MR) is 53.0 cm³/mol. The third kappa shape index (κ3) is 1.70. The molecule has 0 atom stereocenters. The van der Waals surface area contributed by atoms with Crippen molar-refractivity contribution in [2.24, 2.45) is 0 Å². The van der Waals surface area contributed by atoms with Crippen molar-refractivity contribution < 1.29 is 0 Å². The Balaban J connectivity index is 2.18. The Bertz CT molecular complexity index is 365. The lowest BCUT2D eigenvalue weighted by Gasteiger charge is -2.03. The van der Waals surface area contributed by atoms with Gasteiger partial charge in [-0.05, 0) is 0 Å². The summed E-state index contributed by atoms with van der Waals surface area (Å²) < 4.78 is 2.05. The molecule has 13 heavy (non-hydrogen) atoms. The summed E-state index contributed by atoms with van der Waals surface area (Å²) in [6, 6.07) is 0. The molecule has 0 amide bonds. The van der Waals surface area contributed by atoms with Crippen molar-refractivity contribution in [2.75, 3.05) is 12.4 Å². The average molecular weight is 194 g/mol. The van der Waals surface area contributed by atoms with E-state index in [0.29, 0.717) is 0 Å². The van der Waals surface area contributed by atoms with E-state index < -0.39 is 0 Å². The topological polar surface area (TPSA) is 42.7 Å². The highest BCUT2D eigenvalue weighted by Crippen LogP contribution is 2.11. The van der Waals surface area contributed by atoms with Crippen LogP contribution in [-0.2, 0) is 6.54 Å². The van der Waals surface area contributed by atoms with Gasteiger partial charge in [0.15, 0.2) is 0 Å². The van der Waals surface area contributed by atoms with Gasteiger partial charge in [0.2, 0.25) is 5.95 Å². The molecule has 0 aromatic carbocycles. The zero-order chi connectivity index (χ0) is 9.10. The van der Waals surface area contributed by atoms with Crippen molar-refractivity contribution in [2.45, 2.75) is 6.54 Å². The van der Waals surface area contributed by atoms with Crippen molar-refractivity contribution in [3.05, 3.63) is 29.0 Å². The minimum atomic E-state index is 0.834. The zero-order valence-electron chi connectivity index (χ0n) is 7.27. The summed E-state index contributed by atoms with van der Waals surface area (Å²) in [7, 11) is 1.87. The van der Waals surface area contributed by atoms with E-state index >= 15 is 0 Å². The summed E-state index contributed by atoms with van der Waals surface area (Å²) in [6.45, 7) is 0.834. The highest BCUT2D eigenvalue weighted by atomic mass is 32.1. The van der Waals surface area contributed by atoms with Crippen LogP contribution in [-0.4, -0.2) is 21.6 Å².